The number of nitrogens with zero attached hydrogens (tertiary/aromatic N) is 1. The fourth-order valence-electron chi connectivity index (χ4n) is 2.16. The Morgan fingerprint density at radius 2 is 1.78 bits per heavy atom. The number of carbonyl (C=O) groups is 1. The SMILES string of the molecule is CCCCC(=O)N(CC#Cc1ccc(O)cc1)c1ccccc1. The zero-order valence-corrected chi connectivity index (χ0v) is 13.3. The molecule has 3 nitrogen and oxygen atoms in total. The molecule has 2 aromatic rings. The van der Waals surface area contributed by atoms with Gasteiger partial charge in [0.25, 0.3) is 0 Å². The molecule has 1 N–H and O–H groups in total. The third-order valence-corrected chi connectivity index (χ3v) is 3.45. The number of para-hydroxylation sites is 1. The van der Waals surface area contributed by atoms with Crippen molar-refractivity contribution in [2.45, 2.75) is 26.2 Å². The Morgan fingerprint density at radius 1 is 1.09 bits per heavy atom. The van der Waals surface area contributed by atoms with Gasteiger partial charge in [-0.05, 0) is 42.8 Å². The van der Waals surface area contributed by atoms with E-state index in [0.29, 0.717) is 13.0 Å². The van der Waals surface area contributed by atoms with Crippen LogP contribution in [0.2, 0.25) is 0 Å². The first-order chi connectivity index (χ1) is 11.2. The maximum absolute atomic E-state index is 12.4. The number of phenols is 1. The fraction of sp³-hybridized carbons (Fsp3) is 0.250. The van der Waals surface area contributed by atoms with E-state index < -0.39 is 0 Å². The minimum absolute atomic E-state index is 0.0954. The van der Waals surface area contributed by atoms with Crippen LogP contribution >= 0.6 is 0 Å². The second-order valence-corrected chi connectivity index (χ2v) is 5.27. The highest BCUT2D eigenvalue weighted by molar-refractivity contribution is 5.93. The summed E-state index contributed by atoms with van der Waals surface area (Å²) < 4.78 is 0. The van der Waals surface area contributed by atoms with Crippen molar-refractivity contribution in [2.75, 3.05) is 11.4 Å². The summed E-state index contributed by atoms with van der Waals surface area (Å²) in [4.78, 5) is 14.1. The molecule has 3 heteroatoms. The minimum atomic E-state index is 0.0954. The van der Waals surface area contributed by atoms with Crippen molar-refractivity contribution < 1.29 is 9.90 Å². The third-order valence-electron chi connectivity index (χ3n) is 3.45. The normalized spacial score (nSPS) is 9.78. The molecule has 0 heterocycles. The van der Waals surface area contributed by atoms with Crippen LogP contribution in [0.1, 0.15) is 31.7 Å². The van der Waals surface area contributed by atoms with Gasteiger partial charge in [0.1, 0.15) is 5.75 Å². The van der Waals surface area contributed by atoms with E-state index >= 15 is 0 Å². The van der Waals surface area contributed by atoms with Crippen molar-refractivity contribution in [2.24, 2.45) is 0 Å². The first-order valence-electron chi connectivity index (χ1n) is 7.84. The van der Waals surface area contributed by atoms with Gasteiger partial charge in [-0.15, -0.1) is 0 Å². The van der Waals surface area contributed by atoms with E-state index in [0.717, 1.165) is 24.1 Å². The topological polar surface area (TPSA) is 40.5 Å². The number of benzene rings is 2. The highest BCUT2D eigenvalue weighted by atomic mass is 16.3. The molecule has 23 heavy (non-hydrogen) atoms. The summed E-state index contributed by atoms with van der Waals surface area (Å²) in [6.45, 7) is 2.43. The van der Waals surface area contributed by atoms with Gasteiger partial charge in [0.05, 0.1) is 6.54 Å². The molecule has 2 aromatic carbocycles. The average Bonchev–Trinajstić information content (AvgIpc) is 2.59. The van der Waals surface area contributed by atoms with Crippen molar-refractivity contribution in [3.63, 3.8) is 0 Å². The molecule has 0 saturated carbocycles. The van der Waals surface area contributed by atoms with Crippen LogP contribution in [0, 0.1) is 11.8 Å². The first-order valence-corrected chi connectivity index (χ1v) is 7.84. The number of amides is 1. The summed E-state index contributed by atoms with van der Waals surface area (Å²) in [5.41, 5.74) is 1.69. The highest BCUT2D eigenvalue weighted by Crippen LogP contribution is 2.15. The quantitative estimate of drug-likeness (QED) is 0.849. The van der Waals surface area contributed by atoms with Crippen molar-refractivity contribution in [3.05, 3.63) is 60.2 Å². The van der Waals surface area contributed by atoms with Gasteiger partial charge in [-0.25, -0.2) is 0 Å². The summed E-state index contributed by atoms with van der Waals surface area (Å²) in [7, 11) is 0. The Bertz CT molecular complexity index is 681. The van der Waals surface area contributed by atoms with E-state index in [4.69, 9.17) is 0 Å². The van der Waals surface area contributed by atoms with Crippen LogP contribution in [0.3, 0.4) is 0 Å². The monoisotopic (exact) mass is 307 g/mol. The maximum atomic E-state index is 12.4. The molecule has 2 rings (SSSR count). The molecule has 0 saturated heterocycles. The van der Waals surface area contributed by atoms with Gasteiger partial charge in [-0.2, -0.15) is 0 Å². The van der Waals surface area contributed by atoms with Gasteiger partial charge in [0, 0.05) is 17.7 Å². The Labute approximate surface area is 137 Å². The molecule has 0 atom stereocenters. The van der Waals surface area contributed by atoms with E-state index in [-0.39, 0.29) is 11.7 Å². The van der Waals surface area contributed by atoms with Gasteiger partial charge in [-0.1, -0.05) is 43.4 Å². The molecular weight excluding hydrogens is 286 g/mol. The first kappa shape index (κ1) is 16.6. The van der Waals surface area contributed by atoms with E-state index in [1.54, 1.807) is 29.2 Å². The van der Waals surface area contributed by atoms with Crippen LogP contribution in [-0.4, -0.2) is 17.6 Å². The molecule has 0 unspecified atom stereocenters. The number of rotatable bonds is 5. The van der Waals surface area contributed by atoms with Crippen LogP contribution in [-0.2, 0) is 4.79 Å². The van der Waals surface area contributed by atoms with E-state index in [9.17, 15) is 9.90 Å². The lowest BCUT2D eigenvalue weighted by Gasteiger charge is -2.20. The summed E-state index contributed by atoms with van der Waals surface area (Å²) in [6.07, 6.45) is 2.41. The van der Waals surface area contributed by atoms with Crippen LogP contribution < -0.4 is 4.90 Å². The van der Waals surface area contributed by atoms with Gasteiger partial charge < -0.3 is 10.0 Å². The molecule has 0 spiro atoms. The Kier molecular flexibility index (Phi) is 6.26. The summed E-state index contributed by atoms with van der Waals surface area (Å²) in [6, 6.07) is 16.3. The summed E-state index contributed by atoms with van der Waals surface area (Å²) in [5, 5.41) is 9.27. The van der Waals surface area contributed by atoms with Crippen molar-refractivity contribution in [1.29, 1.82) is 0 Å². The molecule has 0 aliphatic heterocycles. The lowest BCUT2D eigenvalue weighted by molar-refractivity contribution is -0.118. The largest absolute Gasteiger partial charge is 0.508 e. The molecule has 0 aliphatic carbocycles. The van der Waals surface area contributed by atoms with Gasteiger partial charge in [0.15, 0.2) is 0 Å². The number of hydrogen-bond acceptors (Lipinski definition) is 2. The average molecular weight is 307 g/mol. The van der Waals surface area contributed by atoms with E-state index in [1.807, 2.05) is 30.3 Å². The predicted octanol–water partition coefficient (Wildman–Crippen LogP) is 3.97. The number of phenolic OH excluding ortho intramolecular Hbond substituents is 1. The van der Waals surface area contributed by atoms with Crippen molar-refractivity contribution >= 4 is 11.6 Å². The number of anilines is 1. The van der Waals surface area contributed by atoms with Crippen LogP contribution in [0.4, 0.5) is 5.69 Å². The predicted molar refractivity (Wildman–Crippen MR) is 93.3 cm³/mol. The maximum Gasteiger partial charge on any atom is 0.227 e. The summed E-state index contributed by atoms with van der Waals surface area (Å²) in [5.74, 6) is 6.39. The van der Waals surface area contributed by atoms with Gasteiger partial charge in [-0.3, -0.25) is 4.79 Å². The number of hydrogen-bond donors (Lipinski definition) is 1. The molecule has 0 aromatic heterocycles. The minimum Gasteiger partial charge on any atom is -0.508 e. The molecule has 0 fully saturated rings. The lowest BCUT2D eigenvalue weighted by Crippen LogP contribution is -2.31. The van der Waals surface area contributed by atoms with Gasteiger partial charge in [0.2, 0.25) is 5.91 Å². The molecule has 1 amide bonds. The van der Waals surface area contributed by atoms with Crippen molar-refractivity contribution in [3.8, 4) is 17.6 Å². The smallest absolute Gasteiger partial charge is 0.227 e. The van der Waals surface area contributed by atoms with E-state index in [2.05, 4.69) is 18.8 Å². The highest BCUT2D eigenvalue weighted by Gasteiger charge is 2.13. The molecule has 0 aliphatic rings. The summed E-state index contributed by atoms with van der Waals surface area (Å²) >= 11 is 0. The van der Waals surface area contributed by atoms with E-state index in [1.165, 1.54) is 0 Å². The third kappa shape index (κ3) is 5.19. The molecular formula is C20H21NO2. The fourth-order valence-corrected chi connectivity index (χ4v) is 2.16. The standard InChI is InChI=1S/C20H21NO2/c1-2-3-11-20(23)21(18-9-5-4-6-10-18)16-7-8-17-12-14-19(22)15-13-17/h4-6,9-10,12-15,22H,2-3,11,16H2,1H3. The molecule has 118 valence electrons. The Hall–Kier alpha value is -2.73. The number of aromatic hydroxyl groups is 1. The van der Waals surface area contributed by atoms with Crippen LogP contribution in [0.5, 0.6) is 5.75 Å². The molecule has 0 bridgehead atoms. The molecule has 0 radical (unpaired) electrons. The zero-order chi connectivity index (χ0) is 16.5. The lowest BCUT2D eigenvalue weighted by atomic mass is 10.2. The van der Waals surface area contributed by atoms with Crippen molar-refractivity contribution in [1.82, 2.24) is 0 Å². The number of carbonyl (C=O) groups excluding carboxylic acids is 1. The second-order valence-electron chi connectivity index (χ2n) is 5.27. The van der Waals surface area contributed by atoms with Crippen LogP contribution in [0.15, 0.2) is 54.6 Å². The van der Waals surface area contributed by atoms with Gasteiger partial charge >= 0.3 is 0 Å². The van der Waals surface area contributed by atoms with Crippen LogP contribution in [0.25, 0.3) is 0 Å². The zero-order valence-electron chi connectivity index (χ0n) is 13.3. The Balaban J connectivity index is 2.12. The second kappa shape index (κ2) is 8.65. The Morgan fingerprint density at radius 3 is 2.43 bits per heavy atom. The number of unbranched alkanes of at least 4 members (excludes halogenated alkanes) is 1.